The van der Waals surface area contributed by atoms with E-state index in [-0.39, 0.29) is 5.84 Å². The van der Waals surface area contributed by atoms with E-state index >= 15 is 0 Å². The summed E-state index contributed by atoms with van der Waals surface area (Å²) in [4.78, 5) is 0. The number of hydrogen-bond acceptors (Lipinski definition) is 2. The van der Waals surface area contributed by atoms with E-state index in [1.807, 2.05) is 13.0 Å². The summed E-state index contributed by atoms with van der Waals surface area (Å²) in [6.45, 7) is 2.78. The van der Waals surface area contributed by atoms with Crippen LogP contribution in [0.4, 0.5) is 5.69 Å². The van der Waals surface area contributed by atoms with Gasteiger partial charge in [-0.05, 0) is 25.1 Å². The maximum atomic E-state index is 7.33. The lowest BCUT2D eigenvalue weighted by Gasteiger charge is -2.09. The van der Waals surface area contributed by atoms with E-state index in [1.54, 1.807) is 12.1 Å². The Hall–Kier alpha value is -1.22. The highest BCUT2D eigenvalue weighted by Crippen LogP contribution is 2.19. The van der Waals surface area contributed by atoms with E-state index in [0.29, 0.717) is 10.6 Å². The molecule has 0 aliphatic carbocycles. The van der Waals surface area contributed by atoms with E-state index in [4.69, 9.17) is 22.7 Å². The van der Waals surface area contributed by atoms with Crippen molar-refractivity contribution in [1.29, 1.82) is 5.41 Å². The lowest BCUT2D eigenvalue weighted by Crippen LogP contribution is -2.14. The van der Waals surface area contributed by atoms with E-state index < -0.39 is 0 Å². The minimum Gasteiger partial charge on any atom is -0.385 e. The maximum Gasteiger partial charge on any atom is 0.124 e. The molecule has 1 aromatic carbocycles. The molecule has 0 amide bonds. The van der Waals surface area contributed by atoms with Crippen LogP contribution in [0.3, 0.4) is 0 Å². The van der Waals surface area contributed by atoms with Gasteiger partial charge in [-0.1, -0.05) is 11.6 Å². The molecule has 0 heterocycles. The zero-order valence-electron chi connectivity index (χ0n) is 7.39. The summed E-state index contributed by atoms with van der Waals surface area (Å²) >= 11 is 5.78. The number of hydrogen-bond donors (Lipinski definition) is 3. The fraction of sp³-hybridized carbons (Fsp3) is 0.222. The first-order chi connectivity index (χ1) is 6.15. The van der Waals surface area contributed by atoms with Crippen molar-refractivity contribution in [3.8, 4) is 0 Å². The molecule has 0 unspecified atom stereocenters. The third kappa shape index (κ3) is 2.36. The second kappa shape index (κ2) is 4.14. The Kier molecular flexibility index (Phi) is 3.14. The summed E-state index contributed by atoms with van der Waals surface area (Å²) in [5.41, 5.74) is 6.89. The van der Waals surface area contributed by atoms with Crippen LogP contribution in [0.2, 0.25) is 5.02 Å². The highest BCUT2D eigenvalue weighted by atomic mass is 35.5. The smallest absolute Gasteiger partial charge is 0.124 e. The molecule has 0 aliphatic heterocycles. The second-order valence-electron chi connectivity index (χ2n) is 2.63. The van der Waals surface area contributed by atoms with Gasteiger partial charge in [0, 0.05) is 22.8 Å². The topological polar surface area (TPSA) is 61.9 Å². The second-order valence-corrected chi connectivity index (χ2v) is 3.07. The minimum atomic E-state index is 0.0263. The molecule has 0 radical (unpaired) electrons. The Morgan fingerprint density at radius 3 is 2.85 bits per heavy atom. The molecule has 0 saturated carbocycles. The van der Waals surface area contributed by atoms with Crippen LogP contribution >= 0.6 is 11.6 Å². The molecule has 0 atom stereocenters. The van der Waals surface area contributed by atoms with Gasteiger partial charge in [-0.2, -0.15) is 0 Å². The van der Waals surface area contributed by atoms with Gasteiger partial charge < -0.3 is 11.1 Å². The Balaban J connectivity index is 3.10. The zero-order chi connectivity index (χ0) is 9.84. The molecular formula is C9H12ClN3. The number of benzene rings is 1. The summed E-state index contributed by atoms with van der Waals surface area (Å²) in [6, 6.07) is 5.27. The van der Waals surface area contributed by atoms with E-state index in [1.165, 1.54) is 0 Å². The van der Waals surface area contributed by atoms with Crippen LogP contribution in [0.5, 0.6) is 0 Å². The normalized spacial score (nSPS) is 9.69. The molecule has 1 rings (SSSR count). The molecule has 0 bridgehead atoms. The average molecular weight is 198 g/mol. The van der Waals surface area contributed by atoms with Gasteiger partial charge in [0.25, 0.3) is 0 Å². The van der Waals surface area contributed by atoms with Crippen molar-refractivity contribution in [2.24, 2.45) is 5.73 Å². The first-order valence-electron chi connectivity index (χ1n) is 4.03. The van der Waals surface area contributed by atoms with E-state index in [9.17, 15) is 0 Å². The lowest BCUT2D eigenvalue weighted by atomic mass is 10.1. The van der Waals surface area contributed by atoms with Crippen molar-refractivity contribution in [3.63, 3.8) is 0 Å². The summed E-state index contributed by atoms with van der Waals surface area (Å²) in [5, 5.41) is 11.0. The molecule has 0 aliphatic rings. The van der Waals surface area contributed by atoms with Crippen molar-refractivity contribution in [2.75, 3.05) is 11.9 Å². The van der Waals surface area contributed by atoms with Crippen LogP contribution in [0, 0.1) is 5.41 Å². The summed E-state index contributed by atoms with van der Waals surface area (Å²) < 4.78 is 0. The molecular weight excluding hydrogens is 186 g/mol. The number of nitrogens with two attached hydrogens (primary N) is 1. The largest absolute Gasteiger partial charge is 0.385 e. The Labute approximate surface area is 82.4 Å². The highest BCUT2D eigenvalue weighted by molar-refractivity contribution is 6.31. The molecule has 4 N–H and O–H groups in total. The van der Waals surface area contributed by atoms with Crippen molar-refractivity contribution in [2.45, 2.75) is 6.92 Å². The van der Waals surface area contributed by atoms with Gasteiger partial charge >= 0.3 is 0 Å². The van der Waals surface area contributed by atoms with Crippen LogP contribution in [0.25, 0.3) is 0 Å². The van der Waals surface area contributed by atoms with Crippen LogP contribution in [0.1, 0.15) is 12.5 Å². The molecule has 4 heteroatoms. The average Bonchev–Trinajstić information content (AvgIpc) is 2.08. The van der Waals surface area contributed by atoms with Gasteiger partial charge in [-0.3, -0.25) is 5.41 Å². The van der Waals surface area contributed by atoms with Crippen LogP contribution in [0.15, 0.2) is 18.2 Å². The summed E-state index contributed by atoms with van der Waals surface area (Å²) in [7, 11) is 0. The molecule has 1 aromatic rings. The van der Waals surface area contributed by atoms with Crippen molar-refractivity contribution < 1.29 is 0 Å². The number of anilines is 1. The van der Waals surface area contributed by atoms with Crippen LogP contribution in [-0.4, -0.2) is 12.4 Å². The number of nitrogen functional groups attached to an aromatic ring is 1. The van der Waals surface area contributed by atoms with Crippen LogP contribution < -0.4 is 11.1 Å². The Morgan fingerprint density at radius 2 is 2.31 bits per heavy atom. The number of nitrogens with one attached hydrogen (secondary N) is 2. The van der Waals surface area contributed by atoms with E-state index in [0.717, 1.165) is 12.2 Å². The molecule has 70 valence electrons. The monoisotopic (exact) mass is 197 g/mol. The SMILES string of the molecule is CCNc1ccc(Cl)cc1C(=N)N. The lowest BCUT2D eigenvalue weighted by molar-refractivity contribution is 1.21. The Morgan fingerprint density at radius 1 is 1.62 bits per heavy atom. The van der Waals surface area contributed by atoms with Crippen molar-refractivity contribution in [3.05, 3.63) is 28.8 Å². The van der Waals surface area contributed by atoms with Crippen molar-refractivity contribution in [1.82, 2.24) is 0 Å². The number of amidine groups is 1. The molecule has 3 nitrogen and oxygen atoms in total. The first kappa shape index (κ1) is 9.86. The number of halogens is 1. The minimum absolute atomic E-state index is 0.0263. The first-order valence-corrected chi connectivity index (χ1v) is 4.40. The van der Waals surface area contributed by atoms with Gasteiger partial charge in [0.2, 0.25) is 0 Å². The third-order valence-corrected chi connectivity index (χ3v) is 1.87. The quantitative estimate of drug-likeness (QED) is 0.513. The number of rotatable bonds is 3. The zero-order valence-corrected chi connectivity index (χ0v) is 8.15. The van der Waals surface area contributed by atoms with Gasteiger partial charge in [0.15, 0.2) is 0 Å². The van der Waals surface area contributed by atoms with Crippen molar-refractivity contribution >= 4 is 23.1 Å². The predicted octanol–water partition coefficient (Wildman–Crippen LogP) is 2.06. The maximum absolute atomic E-state index is 7.33. The van der Waals surface area contributed by atoms with Gasteiger partial charge in [0.1, 0.15) is 5.84 Å². The summed E-state index contributed by atoms with van der Waals surface area (Å²) in [6.07, 6.45) is 0. The van der Waals surface area contributed by atoms with E-state index in [2.05, 4.69) is 5.32 Å². The highest BCUT2D eigenvalue weighted by Gasteiger charge is 2.04. The van der Waals surface area contributed by atoms with Gasteiger partial charge in [0.05, 0.1) is 0 Å². The molecule has 0 fully saturated rings. The standard InChI is InChI=1S/C9H12ClN3/c1-2-13-8-4-3-6(10)5-7(8)9(11)12/h3-5,13H,2H2,1H3,(H3,11,12). The van der Waals surface area contributed by atoms with Gasteiger partial charge in [-0.25, -0.2) is 0 Å². The van der Waals surface area contributed by atoms with Crippen LogP contribution in [-0.2, 0) is 0 Å². The third-order valence-electron chi connectivity index (χ3n) is 1.64. The molecule has 0 saturated heterocycles. The fourth-order valence-corrected chi connectivity index (χ4v) is 1.26. The molecule has 13 heavy (non-hydrogen) atoms. The summed E-state index contributed by atoms with van der Waals surface area (Å²) in [5.74, 6) is 0.0263. The predicted molar refractivity (Wildman–Crippen MR) is 56.6 cm³/mol. The van der Waals surface area contributed by atoms with Gasteiger partial charge in [-0.15, -0.1) is 0 Å². The Bertz CT molecular complexity index is 323. The molecule has 0 aromatic heterocycles. The fourth-order valence-electron chi connectivity index (χ4n) is 1.08. The molecule has 0 spiro atoms.